The minimum absolute atomic E-state index is 0.300. The van der Waals surface area contributed by atoms with Gasteiger partial charge in [-0.05, 0) is 36.3 Å². The Morgan fingerprint density at radius 1 is 1.23 bits per heavy atom. The number of benzene rings is 1. The molecule has 3 aromatic heterocycles. The number of halogens is 1. The molecule has 0 bridgehead atoms. The van der Waals surface area contributed by atoms with Crippen molar-refractivity contribution in [3.8, 4) is 11.1 Å². The fourth-order valence-corrected chi connectivity index (χ4v) is 3.47. The lowest BCUT2D eigenvalue weighted by Crippen LogP contribution is -2.01. The fourth-order valence-electron chi connectivity index (χ4n) is 3.47. The minimum Gasteiger partial charge on any atom is -0.383 e. The van der Waals surface area contributed by atoms with Gasteiger partial charge in [-0.3, -0.25) is 4.98 Å². The van der Waals surface area contributed by atoms with Gasteiger partial charge in [0.25, 0.3) is 0 Å². The van der Waals surface area contributed by atoms with Crippen LogP contribution in [-0.4, -0.2) is 19.9 Å². The van der Waals surface area contributed by atoms with Crippen molar-refractivity contribution < 1.29 is 4.39 Å². The van der Waals surface area contributed by atoms with Crippen LogP contribution in [0.2, 0.25) is 0 Å². The maximum atomic E-state index is 13.7. The SMILES string of the molecule is C=C/C=C\C(=C/C)c1cnc(N)c(Cc2nc3c(-c4cccc(F)c4)cncc3[nH]2)c1. The first-order valence-electron chi connectivity index (χ1n) is 9.87. The summed E-state index contributed by atoms with van der Waals surface area (Å²) in [5, 5.41) is 0. The molecule has 1 aromatic carbocycles. The van der Waals surface area contributed by atoms with E-state index < -0.39 is 0 Å². The molecule has 0 saturated carbocycles. The monoisotopic (exact) mass is 411 g/mol. The lowest BCUT2D eigenvalue weighted by molar-refractivity contribution is 0.628. The zero-order valence-corrected chi connectivity index (χ0v) is 17.1. The highest BCUT2D eigenvalue weighted by atomic mass is 19.1. The number of aromatic amines is 1. The van der Waals surface area contributed by atoms with E-state index in [9.17, 15) is 4.39 Å². The second-order valence-electron chi connectivity index (χ2n) is 7.06. The number of nitrogens with two attached hydrogens (primary N) is 1. The van der Waals surface area contributed by atoms with E-state index in [0.29, 0.717) is 12.2 Å². The highest BCUT2D eigenvalue weighted by Crippen LogP contribution is 2.28. The Hall–Kier alpha value is -4.06. The van der Waals surface area contributed by atoms with Crippen molar-refractivity contribution >= 4 is 22.4 Å². The van der Waals surface area contributed by atoms with Crippen LogP contribution in [0.25, 0.3) is 27.7 Å². The molecule has 0 amide bonds. The van der Waals surface area contributed by atoms with Gasteiger partial charge in [-0.15, -0.1) is 0 Å². The van der Waals surface area contributed by atoms with Crippen LogP contribution < -0.4 is 5.73 Å². The molecular formula is C25H22FN5. The van der Waals surface area contributed by atoms with Crippen molar-refractivity contribution in [2.45, 2.75) is 13.3 Å². The summed E-state index contributed by atoms with van der Waals surface area (Å²) in [5.74, 6) is 0.886. The van der Waals surface area contributed by atoms with Gasteiger partial charge in [-0.25, -0.2) is 14.4 Å². The summed E-state index contributed by atoms with van der Waals surface area (Å²) in [6.07, 6.45) is 13.2. The summed E-state index contributed by atoms with van der Waals surface area (Å²) in [5.41, 5.74) is 12.0. The molecule has 3 heterocycles. The molecule has 4 aromatic rings. The number of rotatable bonds is 6. The molecular weight excluding hydrogens is 389 g/mol. The topological polar surface area (TPSA) is 80.5 Å². The highest BCUT2D eigenvalue weighted by molar-refractivity contribution is 5.91. The van der Waals surface area contributed by atoms with Gasteiger partial charge in [-0.1, -0.05) is 43.0 Å². The Kier molecular flexibility index (Phi) is 5.71. The van der Waals surface area contributed by atoms with Crippen LogP contribution >= 0.6 is 0 Å². The van der Waals surface area contributed by atoms with Gasteiger partial charge in [0.2, 0.25) is 0 Å². The second-order valence-corrected chi connectivity index (χ2v) is 7.06. The second kappa shape index (κ2) is 8.75. The first-order chi connectivity index (χ1) is 15.1. The van der Waals surface area contributed by atoms with Crippen LogP contribution in [0.3, 0.4) is 0 Å². The predicted octanol–water partition coefficient (Wildman–Crippen LogP) is 5.48. The molecule has 154 valence electrons. The molecule has 0 saturated heterocycles. The van der Waals surface area contributed by atoms with E-state index in [0.717, 1.165) is 44.7 Å². The molecule has 6 heteroatoms. The number of H-pyrrole nitrogens is 1. The Labute approximate surface area is 179 Å². The first kappa shape index (κ1) is 20.2. The summed E-state index contributed by atoms with van der Waals surface area (Å²) in [6, 6.07) is 8.43. The molecule has 0 unspecified atom stereocenters. The minimum atomic E-state index is -0.300. The van der Waals surface area contributed by atoms with Gasteiger partial charge in [0, 0.05) is 35.5 Å². The highest BCUT2D eigenvalue weighted by Gasteiger charge is 2.13. The number of hydrogen-bond donors (Lipinski definition) is 2. The van der Waals surface area contributed by atoms with Crippen LogP contribution in [0.1, 0.15) is 23.9 Å². The van der Waals surface area contributed by atoms with Gasteiger partial charge in [0.1, 0.15) is 17.5 Å². The molecule has 0 aliphatic rings. The van der Waals surface area contributed by atoms with Gasteiger partial charge in [-0.2, -0.15) is 0 Å². The third kappa shape index (κ3) is 4.28. The third-order valence-corrected chi connectivity index (χ3v) is 4.99. The summed E-state index contributed by atoms with van der Waals surface area (Å²) >= 11 is 0. The van der Waals surface area contributed by atoms with Crippen molar-refractivity contribution in [3.05, 3.63) is 103 Å². The number of hydrogen-bond acceptors (Lipinski definition) is 4. The molecule has 4 rings (SSSR count). The van der Waals surface area contributed by atoms with Gasteiger partial charge in [0.15, 0.2) is 0 Å². The van der Waals surface area contributed by atoms with E-state index in [-0.39, 0.29) is 5.82 Å². The summed E-state index contributed by atoms with van der Waals surface area (Å²) in [6.45, 7) is 5.69. The summed E-state index contributed by atoms with van der Waals surface area (Å²) < 4.78 is 13.7. The number of nitrogen functional groups attached to an aromatic ring is 1. The number of imidazole rings is 1. The van der Waals surface area contributed by atoms with Crippen molar-refractivity contribution in [2.75, 3.05) is 5.73 Å². The number of allylic oxidation sites excluding steroid dienone is 5. The lowest BCUT2D eigenvalue weighted by atomic mass is 10.0. The average Bonchev–Trinajstić information content (AvgIpc) is 3.19. The average molecular weight is 411 g/mol. The van der Waals surface area contributed by atoms with Gasteiger partial charge in [0.05, 0.1) is 17.2 Å². The van der Waals surface area contributed by atoms with Crippen molar-refractivity contribution in [1.82, 2.24) is 19.9 Å². The Morgan fingerprint density at radius 3 is 2.87 bits per heavy atom. The number of nitrogens with one attached hydrogen (secondary N) is 1. The summed E-state index contributed by atoms with van der Waals surface area (Å²) in [7, 11) is 0. The van der Waals surface area contributed by atoms with E-state index in [1.165, 1.54) is 12.1 Å². The van der Waals surface area contributed by atoms with Crippen LogP contribution in [0.4, 0.5) is 10.2 Å². The van der Waals surface area contributed by atoms with Crippen molar-refractivity contribution in [2.24, 2.45) is 0 Å². The quantitative estimate of drug-likeness (QED) is 0.412. The third-order valence-electron chi connectivity index (χ3n) is 4.99. The van der Waals surface area contributed by atoms with E-state index in [1.807, 2.05) is 37.3 Å². The number of fused-ring (bicyclic) bond motifs is 1. The van der Waals surface area contributed by atoms with Crippen LogP contribution in [-0.2, 0) is 6.42 Å². The number of nitrogens with zero attached hydrogens (tertiary/aromatic N) is 3. The fraction of sp³-hybridized carbons (Fsp3) is 0.0800. The Morgan fingerprint density at radius 2 is 2.10 bits per heavy atom. The van der Waals surface area contributed by atoms with Crippen LogP contribution in [0.5, 0.6) is 0 Å². The van der Waals surface area contributed by atoms with E-state index in [1.54, 1.807) is 30.7 Å². The first-order valence-corrected chi connectivity index (χ1v) is 9.87. The maximum Gasteiger partial charge on any atom is 0.127 e. The van der Waals surface area contributed by atoms with Crippen molar-refractivity contribution in [1.29, 1.82) is 0 Å². The molecule has 0 aliphatic heterocycles. The zero-order chi connectivity index (χ0) is 21.8. The molecule has 5 nitrogen and oxygen atoms in total. The molecule has 0 atom stereocenters. The van der Waals surface area contributed by atoms with Gasteiger partial charge >= 0.3 is 0 Å². The lowest BCUT2D eigenvalue weighted by Gasteiger charge is -2.07. The molecule has 3 N–H and O–H groups in total. The summed E-state index contributed by atoms with van der Waals surface area (Å²) in [4.78, 5) is 16.7. The van der Waals surface area contributed by atoms with E-state index in [4.69, 9.17) is 10.7 Å². The molecule has 0 aliphatic carbocycles. The van der Waals surface area contributed by atoms with E-state index >= 15 is 0 Å². The molecule has 31 heavy (non-hydrogen) atoms. The smallest absolute Gasteiger partial charge is 0.127 e. The Bertz CT molecular complexity index is 1320. The molecule has 0 fully saturated rings. The van der Waals surface area contributed by atoms with Gasteiger partial charge < -0.3 is 10.7 Å². The maximum absolute atomic E-state index is 13.7. The Balaban J connectivity index is 1.71. The van der Waals surface area contributed by atoms with Crippen molar-refractivity contribution in [3.63, 3.8) is 0 Å². The normalized spacial score (nSPS) is 12.0. The van der Waals surface area contributed by atoms with Crippen LogP contribution in [0, 0.1) is 5.82 Å². The zero-order valence-electron chi connectivity index (χ0n) is 17.1. The standard InChI is InChI=1S/C25H22FN5/c1-3-5-7-16(4-2)19-10-18(25(27)29-13-19)12-23-30-22-15-28-14-21(24(22)31-23)17-8-6-9-20(26)11-17/h3-11,13-15H,1,12H2,2H3,(H2,27,29)(H,30,31)/b7-5-,16-4+. The number of anilines is 1. The van der Waals surface area contributed by atoms with E-state index in [2.05, 4.69) is 21.5 Å². The number of pyridine rings is 2. The predicted molar refractivity (Wildman–Crippen MR) is 124 cm³/mol. The molecule has 0 spiro atoms. The number of aromatic nitrogens is 4. The van der Waals surface area contributed by atoms with Crippen LogP contribution in [0.15, 0.2) is 79.8 Å². The largest absolute Gasteiger partial charge is 0.383 e. The molecule has 0 radical (unpaired) electrons.